The molecule has 1 aromatic carbocycles. The first-order valence-corrected chi connectivity index (χ1v) is 12.4. The Balaban J connectivity index is 1.42. The molecule has 8 heteroatoms. The number of methoxy groups -OCH3 is 1. The Labute approximate surface area is 205 Å². The van der Waals surface area contributed by atoms with Gasteiger partial charge in [-0.25, -0.2) is 4.79 Å². The molecule has 3 aliphatic carbocycles. The number of phenols is 1. The summed E-state index contributed by atoms with van der Waals surface area (Å²) >= 11 is 0. The average molecular weight is 487 g/mol. The fraction of sp³-hybridized carbons (Fsp3) is 0.667. The number of aryl methyl sites for hydroxylation is 1. The Bertz CT molecular complexity index is 1030. The van der Waals surface area contributed by atoms with Crippen LogP contribution in [0.1, 0.15) is 56.1 Å². The number of phenolic OH excluding ortho intramolecular Hbond substituents is 1. The van der Waals surface area contributed by atoms with Gasteiger partial charge in [0.15, 0.2) is 12.4 Å². The Morgan fingerprint density at radius 2 is 1.91 bits per heavy atom. The minimum Gasteiger partial charge on any atom is -0.508 e. The summed E-state index contributed by atoms with van der Waals surface area (Å²) in [5.74, 6) is 3.41. The maximum absolute atomic E-state index is 12.1. The van der Waals surface area contributed by atoms with Gasteiger partial charge in [0.2, 0.25) is 0 Å². The molecule has 0 spiro atoms. The van der Waals surface area contributed by atoms with Gasteiger partial charge in [-0.05, 0) is 79.5 Å². The van der Waals surface area contributed by atoms with Crippen molar-refractivity contribution < 1.29 is 39.4 Å². The second kappa shape index (κ2) is 8.75. The van der Waals surface area contributed by atoms with Crippen LogP contribution in [-0.4, -0.2) is 69.8 Å². The van der Waals surface area contributed by atoms with Gasteiger partial charge in [0.1, 0.15) is 29.7 Å². The van der Waals surface area contributed by atoms with Crippen LogP contribution in [0.2, 0.25) is 0 Å². The van der Waals surface area contributed by atoms with E-state index in [0.29, 0.717) is 24.0 Å². The van der Waals surface area contributed by atoms with Crippen molar-refractivity contribution in [3.63, 3.8) is 0 Å². The monoisotopic (exact) mass is 486 g/mol. The van der Waals surface area contributed by atoms with Crippen molar-refractivity contribution >= 4 is 5.97 Å². The van der Waals surface area contributed by atoms with E-state index in [1.54, 1.807) is 6.07 Å². The molecule has 0 radical (unpaired) electrons. The van der Waals surface area contributed by atoms with Gasteiger partial charge in [-0.15, -0.1) is 6.42 Å². The van der Waals surface area contributed by atoms with E-state index >= 15 is 0 Å². The molecule has 4 N–H and O–H groups in total. The number of ether oxygens (including phenoxy) is 3. The van der Waals surface area contributed by atoms with Crippen LogP contribution in [0, 0.1) is 29.6 Å². The summed E-state index contributed by atoms with van der Waals surface area (Å²) in [7, 11) is 1.15. The second-order valence-electron chi connectivity index (χ2n) is 10.8. The van der Waals surface area contributed by atoms with Gasteiger partial charge in [-0.2, -0.15) is 0 Å². The maximum Gasteiger partial charge on any atom is 0.337 e. The third-order valence-corrected chi connectivity index (χ3v) is 9.38. The lowest BCUT2D eigenvalue weighted by molar-refractivity contribution is -0.324. The van der Waals surface area contributed by atoms with Crippen LogP contribution in [0.4, 0.5) is 0 Å². The fourth-order valence-electron chi connectivity index (χ4n) is 7.49. The fourth-order valence-corrected chi connectivity index (χ4v) is 7.49. The molecule has 1 unspecified atom stereocenters. The van der Waals surface area contributed by atoms with Gasteiger partial charge < -0.3 is 34.6 Å². The number of benzene rings is 1. The normalized spacial score (nSPS) is 44.5. The van der Waals surface area contributed by atoms with E-state index < -0.39 is 47.7 Å². The lowest BCUT2D eigenvalue weighted by atomic mass is 9.53. The SMILES string of the molecule is C#C[C@@]1(O[C@H]2OC(C(=O)OC)[C@H](O)[C@@H](O)[C@H]2O)CC[C@H]2[C@@H]3CCc4cc(O)ccc4[C@H]3CC[C@@]21C. The molecule has 5 rings (SSSR count). The van der Waals surface area contributed by atoms with Crippen molar-refractivity contribution in [1.82, 2.24) is 0 Å². The number of esters is 1. The topological polar surface area (TPSA) is 126 Å². The van der Waals surface area contributed by atoms with Crippen molar-refractivity contribution in [2.75, 3.05) is 7.11 Å². The third kappa shape index (κ3) is 3.59. The van der Waals surface area contributed by atoms with E-state index in [2.05, 4.69) is 23.6 Å². The zero-order valence-electron chi connectivity index (χ0n) is 20.1. The summed E-state index contributed by atoms with van der Waals surface area (Å²) in [6.45, 7) is 2.14. The van der Waals surface area contributed by atoms with Crippen LogP contribution in [0.3, 0.4) is 0 Å². The number of fused-ring (bicyclic) bond motifs is 5. The highest BCUT2D eigenvalue weighted by Gasteiger charge is 2.64. The van der Waals surface area contributed by atoms with Crippen molar-refractivity contribution in [2.24, 2.45) is 17.3 Å². The van der Waals surface area contributed by atoms with E-state index in [9.17, 15) is 25.2 Å². The first kappa shape index (κ1) is 24.5. The van der Waals surface area contributed by atoms with E-state index in [1.165, 1.54) is 11.1 Å². The maximum atomic E-state index is 12.1. The number of hydrogen-bond donors (Lipinski definition) is 4. The molecular formula is C27H34O8. The number of terminal acetylenes is 1. The molecule has 0 bridgehead atoms. The summed E-state index contributed by atoms with van der Waals surface area (Å²) in [5.41, 5.74) is 1.06. The smallest absolute Gasteiger partial charge is 0.337 e. The molecule has 1 aromatic rings. The van der Waals surface area contributed by atoms with E-state index in [0.717, 1.165) is 39.2 Å². The van der Waals surface area contributed by atoms with Crippen LogP contribution in [0.15, 0.2) is 18.2 Å². The Morgan fingerprint density at radius 1 is 1.14 bits per heavy atom. The first-order valence-electron chi connectivity index (χ1n) is 12.4. The van der Waals surface area contributed by atoms with Crippen molar-refractivity contribution in [2.45, 2.75) is 87.7 Å². The standard InChI is InChI=1S/C27H34O8/c1-4-27(35-25-22(31)20(29)21(30)23(34-25)24(32)33-3)12-10-19-18-7-5-14-13-15(28)6-8-16(14)17(18)9-11-26(19,27)2/h1,6,8,13,17-23,25,28-31H,5,7,9-12H2,2-3H3/t17-,18-,19+,20-,21-,22-,23?,25-,26+,27-/m1/s1. The zero-order valence-corrected chi connectivity index (χ0v) is 20.1. The van der Waals surface area contributed by atoms with E-state index in [-0.39, 0.29) is 5.92 Å². The molecule has 3 fully saturated rings. The number of aliphatic hydroxyl groups is 3. The largest absolute Gasteiger partial charge is 0.508 e. The highest BCUT2D eigenvalue weighted by Crippen LogP contribution is 2.65. The second-order valence-corrected chi connectivity index (χ2v) is 10.8. The predicted octanol–water partition coefficient (Wildman–Crippen LogP) is 1.62. The zero-order chi connectivity index (χ0) is 25.1. The molecule has 190 valence electrons. The van der Waals surface area contributed by atoms with Crippen LogP contribution in [0.25, 0.3) is 0 Å². The molecular weight excluding hydrogens is 452 g/mol. The molecule has 0 amide bonds. The van der Waals surface area contributed by atoms with Gasteiger partial charge in [-0.1, -0.05) is 18.9 Å². The molecule has 0 aromatic heterocycles. The first-order chi connectivity index (χ1) is 16.7. The molecule has 4 aliphatic rings. The minimum absolute atomic E-state index is 0.284. The van der Waals surface area contributed by atoms with Crippen LogP contribution in [-0.2, 0) is 25.4 Å². The molecule has 8 nitrogen and oxygen atoms in total. The van der Waals surface area contributed by atoms with Gasteiger partial charge in [-0.3, -0.25) is 0 Å². The lowest BCUT2D eigenvalue weighted by Crippen LogP contribution is -2.63. The molecule has 10 atom stereocenters. The Morgan fingerprint density at radius 3 is 2.63 bits per heavy atom. The van der Waals surface area contributed by atoms with Crippen LogP contribution < -0.4 is 0 Å². The minimum atomic E-state index is -1.65. The number of carbonyl (C=O) groups excluding carboxylic acids is 1. The van der Waals surface area contributed by atoms with E-state index in [1.807, 2.05) is 6.07 Å². The summed E-state index contributed by atoms with van der Waals surface area (Å²) in [6, 6.07) is 5.69. The summed E-state index contributed by atoms with van der Waals surface area (Å²) in [6.07, 6.45) is 3.39. The summed E-state index contributed by atoms with van der Waals surface area (Å²) in [5, 5.41) is 41.2. The van der Waals surface area contributed by atoms with Crippen LogP contribution >= 0.6 is 0 Å². The lowest BCUT2D eigenvalue weighted by Gasteiger charge is -2.54. The number of aromatic hydroxyl groups is 1. The third-order valence-electron chi connectivity index (χ3n) is 9.38. The molecule has 1 saturated heterocycles. The van der Waals surface area contributed by atoms with Gasteiger partial charge in [0, 0.05) is 5.41 Å². The molecule has 1 aliphatic heterocycles. The summed E-state index contributed by atoms with van der Waals surface area (Å²) < 4.78 is 16.7. The van der Waals surface area contributed by atoms with Crippen molar-refractivity contribution in [3.05, 3.63) is 29.3 Å². The molecule has 1 heterocycles. The number of aliphatic hydroxyl groups excluding tert-OH is 3. The van der Waals surface area contributed by atoms with Gasteiger partial charge >= 0.3 is 5.97 Å². The highest BCUT2D eigenvalue weighted by molar-refractivity contribution is 5.75. The summed E-state index contributed by atoms with van der Waals surface area (Å²) in [4.78, 5) is 12.1. The predicted molar refractivity (Wildman–Crippen MR) is 124 cm³/mol. The number of rotatable bonds is 3. The number of carbonyl (C=O) groups is 1. The van der Waals surface area contributed by atoms with Crippen molar-refractivity contribution in [1.29, 1.82) is 0 Å². The average Bonchev–Trinajstić information content (AvgIpc) is 3.15. The number of hydrogen-bond acceptors (Lipinski definition) is 8. The highest BCUT2D eigenvalue weighted by atomic mass is 16.7. The van der Waals surface area contributed by atoms with E-state index in [4.69, 9.17) is 15.9 Å². The van der Waals surface area contributed by atoms with Crippen LogP contribution in [0.5, 0.6) is 5.75 Å². The van der Waals surface area contributed by atoms with Crippen molar-refractivity contribution in [3.8, 4) is 18.1 Å². The molecule has 2 saturated carbocycles. The Hall–Kier alpha value is -2.15. The Kier molecular flexibility index (Phi) is 6.14. The quantitative estimate of drug-likeness (QED) is 0.375. The van der Waals surface area contributed by atoms with Gasteiger partial charge in [0.25, 0.3) is 0 Å². The van der Waals surface area contributed by atoms with Gasteiger partial charge in [0.05, 0.1) is 7.11 Å². The molecule has 35 heavy (non-hydrogen) atoms.